The third-order valence-electron chi connectivity index (χ3n) is 8.12. The number of aliphatic hydroxyl groups excluding tert-OH is 1. The standard InChI is InChI=1S/C34H29N2.C5H8O2.Pt/c1-3-34(4-2)31-23-25(33-17-11-12-22-35-33)18-20-29(31)30-21-19-28(24-32(30)34)36(26-13-7-5-8-14-26)27-15-9-6-10-16-27;1-4(6)3-5(2)7;/h5-17,19-24H,3-4H2,1-2H3;3,6H,1-2H3;/q-1;;. The summed E-state index contributed by atoms with van der Waals surface area (Å²) >= 11 is 0. The van der Waals surface area contributed by atoms with Crippen LogP contribution in [0, 0.1) is 6.07 Å². The molecule has 1 aliphatic carbocycles. The van der Waals surface area contributed by atoms with Crippen molar-refractivity contribution >= 4 is 22.8 Å². The van der Waals surface area contributed by atoms with Crippen LogP contribution in [0.4, 0.5) is 17.1 Å². The van der Waals surface area contributed by atoms with Crippen molar-refractivity contribution < 1.29 is 31.0 Å². The fourth-order valence-corrected chi connectivity index (χ4v) is 6.13. The first-order valence-corrected chi connectivity index (χ1v) is 14.8. The van der Waals surface area contributed by atoms with Crippen molar-refractivity contribution in [1.29, 1.82) is 0 Å². The van der Waals surface area contributed by atoms with Gasteiger partial charge in [-0.15, -0.1) is 29.3 Å². The second-order valence-corrected chi connectivity index (χ2v) is 10.8. The summed E-state index contributed by atoms with van der Waals surface area (Å²) in [4.78, 5) is 17.0. The second kappa shape index (κ2) is 14.5. The normalized spacial score (nSPS) is 12.6. The van der Waals surface area contributed by atoms with Crippen LogP contribution in [0.5, 0.6) is 0 Å². The number of carbonyl (C=O) groups is 1. The number of allylic oxidation sites excluding steroid dienone is 2. The van der Waals surface area contributed by atoms with Crippen LogP contribution in [0.15, 0.2) is 127 Å². The first-order valence-electron chi connectivity index (χ1n) is 14.8. The van der Waals surface area contributed by atoms with Crippen LogP contribution in [0.2, 0.25) is 0 Å². The molecule has 226 valence electrons. The van der Waals surface area contributed by atoms with E-state index in [0.717, 1.165) is 35.5 Å². The summed E-state index contributed by atoms with van der Waals surface area (Å²) in [5, 5.41) is 8.36. The molecule has 4 aromatic carbocycles. The van der Waals surface area contributed by atoms with Gasteiger partial charge in [0, 0.05) is 55.8 Å². The molecule has 0 bridgehead atoms. The topological polar surface area (TPSA) is 53.4 Å². The van der Waals surface area contributed by atoms with Gasteiger partial charge in [-0.1, -0.05) is 79.6 Å². The maximum atomic E-state index is 10.0. The number of hydrogen-bond acceptors (Lipinski definition) is 4. The Morgan fingerprint density at radius 2 is 1.39 bits per heavy atom. The minimum Gasteiger partial charge on any atom is -0.512 e. The Labute approximate surface area is 275 Å². The summed E-state index contributed by atoms with van der Waals surface area (Å²) in [5.41, 5.74) is 10.9. The fraction of sp³-hybridized carbons (Fsp3) is 0.179. The molecule has 1 N–H and O–H groups in total. The van der Waals surface area contributed by atoms with Crippen molar-refractivity contribution in [3.05, 3.63) is 144 Å². The third-order valence-corrected chi connectivity index (χ3v) is 8.12. The summed E-state index contributed by atoms with van der Waals surface area (Å²) in [6.07, 6.45) is 5.09. The smallest absolute Gasteiger partial charge is 0.155 e. The van der Waals surface area contributed by atoms with Crippen molar-refractivity contribution in [2.45, 2.75) is 46.0 Å². The van der Waals surface area contributed by atoms with E-state index in [1.165, 1.54) is 47.9 Å². The number of para-hydroxylation sites is 2. The average Bonchev–Trinajstić information content (AvgIpc) is 3.31. The first-order chi connectivity index (χ1) is 20.9. The summed E-state index contributed by atoms with van der Waals surface area (Å²) in [6, 6.07) is 42.3. The Balaban J connectivity index is 0.000000497. The molecule has 0 aliphatic heterocycles. The Kier molecular flexibility index (Phi) is 10.7. The number of anilines is 3. The number of benzene rings is 4. The van der Waals surface area contributed by atoms with Crippen molar-refractivity contribution in [2.75, 3.05) is 4.90 Å². The molecular formula is C39H37N2O2Pt-. The maximum absolute atomic E-state index is 10.0. The van der Waals surface area contributed by atoms with E-state index >= 15 is 0 Å². The van der Waals surface area contributed by atoms with E-state index < -0.39 is 0 Å². The molecule has 0 radical (unpaired) electrons. The van der Waals surface area contributed by atoms with Crippen LogP contribution in [-0.4, -0.2) is 15.9 Å². The molecule has 1 heterocycles. The second-order valence-electron chi connectivity index (χ2n) is 10.8. The number of ketones is 1. The summed E-state index contributed by atoms with van der Waals surface area (Å²) in [6.45, 7) is 7.48. The van der Waals surface area contributed by atoms with Gasteiger partial charge in [0.25, 0.3) is 0 Å². The van der Waals surface area contributed by atoms with Crippen LogP contribution in [-0.2, 0) is 31.3 Å². The summed E-state index contributed by atoms with van der Waals surface area (Å²) < 4.78 is 0. The number of nitrogens with zero attached hydrogens (tertiary/aromatic N) is 2. The number of aromatic nitrogens is 1. The molecule has 0 spiro atoms. The van der Waals surface area contributed by atoms with Crippen molar-refractivity contribution in [2.24, 2.45) is 0 Å². The van der Waals surface area contributed by atoms with Gasteiger partial charge in [0.05, 0.1) is 5.76 Å². The number of pyridine rings is 1. The van der Waals surface area contributed by atoms with Gasteiger partial charge in [0.1, 0.15) is 0 Å². The zero-order valence-corrected chi connectivity index (χ0v) is 27.8. The molecule has 0 amide bonds. The fourth-order valence-electron chi connectivity index (χ4n) is 6.13. The van der Waals surface area contributed by atoms with E-state index in [1.807, 2.05) is 18.3 Å². The number of rotatable bonds is 7. The first kappa shape index (κ1) is 32.6. The minimum atomic E-state index is -0.125. The monoisotopic (exact) mass is 760 g/mol. The maximum Gasteiger partial charge on any atom is 0.155 e. The van der Waals surface area contributed by atoms with Gasteiger partial charge in [-0.2, -0.15) is 0 Å². The van der Waals surface area contributed by atoms with E-state index in [2.05, 4.69) is 127 Å². The predicted octanol–water partition coefficient (Wildman–Crippen LogP) is 10.1. The van der Waals surface area contributed by atoms with Gasteiger partial charge >= 0.3 is 0 Å². The van der Waals surface area contributed by atoms with Gasteiger partial charge in [-0.05, 0) is 80.4 Å². The number of hydrogen-bond donors (Lipinski definition) is 1. The Morgan fingerprint density at radius 3 is 1.89 bits per heavy atom. The molecule has 0 atom stereocenters. The summed E-state index contributed by atoms with van der Waals surface area (Å²) in [7, 11) is 0. The molecule has 0 unspecified atom stereocenters. The van der Waals surface area contributed by atoms with E-state index in [9.17, 15) is 4.79 Å². The number of fused-ring (bicyclic) bond motifs is 3. The molecule has 44 heavy (non-hydrogen) atoms. The van der Waals surface area contributed by atoms with Crippen LogP contribution in [0.3, 0.4) is 0 Å². The van der Waals surface area contributed by atoms with Crippen molar-refractivity contribution in [1.82, 2.24) is 4.98 Å². The molecule has 1 aromatic heterocycles. The van der Waals surface area contributed by atoms with Gasteiger partial charge in [0.15, 0.2) is 5.78 Å². The van der Waals surface area contributed by atoms with Crippen LogP contribution >= 0.6 is 0 Å². The van der Waals surface area contributed by atoms with Crippen LogP contribution < -0.4 is 4.90 Å². The molecule has 0 saturated carbocycles. The zero-order chi connectivity index (χ0) is 30.4. The van der Waals surface area contributed by atoms with Crippen LogP contribution in [0.25, 0.3) is 22.4 Å². The largest absolute Gasteiger partial charge is 0.512 e. The van der Waals surface area contributed by atoms with E-state index in [0.29, 0.717) is 0 Å². The third kappa shape index (κ3) is 6.61. The zero-order valence-electron chi connectivity index (χ0n) is 25.5. The predicted molar refractivity (Wildman–Crippen MR) is 177 cm³/mol. The Morgan fingerprint density at radius 1 is 0.795 bits per heavy atom. The van der Waals surface area contributed by atoms with Gasteiger partial charge in [-0.3, -0.25) is 4.79 Å². The number of aliphatic hydroxyl groups is 1. The quantitative estimate of drug-likeness (QED) is 0.102. The molecule has 0 fully saturated rings. The average molecular weight is 761 g/mol. The van der Waals surface area contributed by atoms with Crippen molar-refractivity contribution in [3.8, 4) is 22.4 Å². The van der Waals surface area contributed by atoms with E-state index in [1.54, 1.807) is 0 Å². The summed E-state index contributed by atoms with van der Waals surface area (Å²) in [5.74, 6) is -0.0625. The van der Waals surface area contributed by atoms with Gasteiger partial charge in [0.2, 0.25) is 0 Å². The Hall–Kier alpha value is -4.27. The molecule has 1 aliphatic rings. The van der Waals surface area contributed by atoms with Gasteiger partial charge < -0.3 is 15.0 Å². The SMILES string of the molecule is CC(=O)C=C(C)O.CCC1(CC)c2cc(-c3ccccn3)[c-]cc2-c2ccc(N(c3ccccc3)c3ccccc3)cc21.[Pt]. The Bertz CT molecular complexity index is 1690. The molecule has 5 aromatic rings. The van der Waals surface area contributed by atoms with Crippen LogP contribution in [0.1, 0.15) is 51.7 Å². The molecule has 6 rings (SSSR count). The molecule has 4 nitrogen and oxygen atoms in total. The molecule has 5 heteroatoms. The van der Waals surface area contributed by atoms with Gasteiger partial charge in [-0.25, -0.2) is 0 Å². The molecule has 0 saturated heterocycles. The van der Waals surface area contributed by atoms with E-state index in [4.69, 9.17) is 5.11 Å². The van der Waals surface area contributed by atoms with Crippen molar-refractivity contribution in [3.63, 3.8) is 0 Å². The molecular weight excluding hydrogens is 724 g/mol. The minimum absolute atomic E-state index is 0. The van der Waals surface area contributed by atoms with E-state index in [-0.39, 0.29) is 38.0 Å². The number of carbonyl (C=O) groups excluding carboxylic acids is 1.